The van der Waals surface area contributed by atoms with Crippen LogP contribution in [0.3, 0.4) is 0 Å². The summed E-state index contributed by atoms with van der Waals surface area (Å²) < 4.78 is 11.1. The Bertz CT molecular complexity index is 390. The molecule has 1 fully saturated rings. The smallest absolute Gasteiger partial charge is 0.161 e. The summed E-state index contributed by atoms with van der Waals surface area (Å²) in [6, 6.07) is 7.80. The molecule has 5 heteroatoms. The van der Waals surface area contributed by atoms with Crippen molar-refractivity contribution in [2.75, 3.05) is 46.9 Å². The minimum atomic E-state index is 0. The monoisotopic (exact) mass is 300 g/mol. The number of nitrogens with one attached hydrogen (secondary N) is 1. The van der Waals surface area contributed by atoms with E-state index in [1.165, 1.54) is 19.5 Å². The summed E-state index contributed by atoms with van der Waals surface area (Å²) in [5.74, 6) is 2.42. The number of hydrogen-bond donors (Lipinski definition) is 1. The van der Waals surface area contributed by atoms with Crippen LogP contribution in [0.2, 0.25) is 0 Å². The summed E-state index contributed by atoms with van der Waals surface area (Å²) in [7, 11) is 3.69. The van der Waals surface area contributed by atoms with Gasteiger partial charge in [0.2, 0.25) is 0 Å². The molecule has 0 radical (unpaired) electrons. The lowest BCUT2D eigenvalue weighted by molar-refractivity contribution is 0.226. The van der Waals surface area contributed by atoms with E-state index < -0.39 is 0 Å². The molecule has 2 rings (SSSR count). The van der Waals surface area contributed by atoms with Crippen LogP contribution in [0.4, 0.5) is 0 Å². The van der Waals surface area contributed by atoms with Gasteiger partial charge in [-0.3, -0.25) is 4.90 Å². The molecule has 0 aliphatic carbocycles. The number of nitrogens with zero attached hydrogens (tertiary/aromatic N) is 1. The van der Waals surface area contributed by atoms with Crippen LogP contribution >= 0.6 is 12.4 Å². The van der Waals surface area contributed by atoms with E-state index >= 15 is 0 Å². The van der Waals surface area contributed by atoms with Crippen molar-refractivity contribution in [2.24, 2.45) is 5.92 Å². The molecule has 1 unspecified atom stereocenters. The van der Waals surface area contributed by atoms with E-state index in [-0.39, 0.29) is 12.4 Å². The van der Waals surface area contributed by atoms with Crippen molar-refractivity contribution >= 4 is 12.4 Å². The number of rotatable bonds is 7. The first-order chi connectivity index (χ1) is 9.33. The molecule has 1 aromatic carbocycles. The average Bonchev–Trinajstić information content (AvgIpc) is 2.87. The second-order valence-electron chi connectivity index (χ2n) is 5.01. The van der Waals surface area contributed by atoms with Gasteiger partial charge < -0.3 is 14.8 Å². The van der Waals surface area contributed by atoms with E-state index in [2.05, 4.69) is 10.2 Å². The van der Waals surface area contributed by atoms with Crippen molar-refractivity contribution in [3.63, 3.8) is 0 Å². The highest BCUT2D eigenvalue weighted by Gasteiger charge is 2.21. The van der Waals surface area contributed by atoms with Crippen LogP contribution in [-0.2, 0) is 0 Å². The lowest BCUT2D eigenvalue weighted by Crippen LogP contribution is -2.28. The van der Waals surface area contributed by atoms with Crippen molar-refractivity contribution < 1.29 is 9.47 Å². The van der Waals surface area contributed by atoms with Gasteiger partial charge in [0.05, 0.1) is 7.11 Å². The van der Waals surface area contributed by atoms with Crippen molar-refractivity contribution in [3.8, 4) is 11.5 Å². The molecule has 4 nitrogen and oxygen atoms in total. The number of likely N-dealkylation sites (tertiary alicyclic amines) is 1. The molecule has 0 spiro atoms. The predicted octanol–water partition coefficient (Wildman–Crippen LogP) is 2.04. The molecule has 1 aliphatic heterocycles. The lowest BCUT2D eigenvalue weighted by atomic mass is 10.1. The maximum absolute atomic E-state index is 5.80. The molecule has 0 amide bonds. The van der Waals surface area contributed by atoms with E-state index in [1.807, 2.05) is 31.3 Å². The van der Waals surface area contributed by atoms with Crippen LogP contribution in [0.5, 0.6) is 11.5 Å². The molecular weight excluding hydrogens is 276 g/mol. The molecule has 1 saturated heterocycles. The maximum Gasteiger partial charge on any atom is 0.161 e. The molecule has 0 bridgehead atoms. The molecule has 114 valence electrons. The Labute approximate surface area is 127 Å². The highest BCUT2D eigenvalue weighted by atomic mass is 35.5. The Hall–Kier alpha value is -0.970. The highest BCUT2D eigenvalue weighted by molar-refractivity contribution is 5.85. The van der Waals surface area contributed by atoms with Gasteiger partial charge in [-0.15, -0.1) is 12.4 Å². The summed E-state index contributed by atoms with van der Waals surface area (Å²) in [4.78, 5) is 2.47. The Morgan fingerprint density at radius 3 is 2.75 bits per heavy atom. The number of ether oxygens (including phenoxy) is 2. The molecule has 1 aliphatic rings. The van der Waals surface area contributed by atoms with Crippen LogP contribution in [0, 0.1) is 5.92 Å². The Morgan fingerprint density at radius 1 is 1.30 bits per heavy atom. The zero-order valence-corrected chi connectivity index (χ0v) is 13.1. The van der Waals surface area contributed by atoms with Gasteiger partial charge in [-0.25, -0.2) is 0 Å². The van der Waals surface area contributed by atoms with Crippen LogP contribution in [0.25, 0.3) is 0 Å². The number of hydrogen-bond acceptors (Lipinski definition) is 4. The third-order valence-electron chi connectivity index (χ3n) is 3.60. The molecule has 1 aromatic rings. The topological polar surface area (TPSA) is 33.7 Å². The zero-order valence-electron chi connectivity index (χ0n) is 12.3. The molecule has 20 heavy (non-hydrogen) atoms. The summed E-state index contributed by atoms with van der Waals surface area (Å²) in [6.07, 6.45) is 1.29. The number of halogens is 1. The molecule has 1 atom stereocenters. The van der Waals surface area contributed by atoms with Gasteiger partial charge in [-0.05, 0) is 44.6 Å². The summed E-state index contributed by atoms with van der Waals surface area (Å²) in [6.45, 7) is 5.17. The second-order valence-corrected chi connectivity index (χ2v) is 5.01. The minimum Gasteiger partial charge on any atom is -0.493 e. The maximum atomic E-state index is 5.80. The molecule has 0 saturated carbocycles. The lowest BCUT2D eigenvalue weighted by Gasteiger charge is -2.17. The fourth-order valence-corrected chi connectivity index (χ4v) is 2.59. The Balaban J connectivity index is 0.00000200. The van der Waals surface area contributed by atoms with Crippen molar-refractivity contribution in [3.05, 3.63) is 24.3 Å². The molecule has 1 heterocycles. The number of benzene rings is 1. The molecular formula is C15H25ClN2O2. The first kappa shape index (κ1) is 17.1. The van der Waals surface area contributed by atoms with E-state index in [9.17, 15) is 0 Å². The fourth-order valence-electron chi connectivity index (χ4n) is 2.59. The third kappa shape index (κ3) is 4.85. The Morgan fingerprint density at radius 2 is 2.05 bits per heavy atom. The van der Waals surface area contributed by atoms with Crippen LogP contribution < -0.4 is 14.8 Å². The molecule has 0 aromatic heterocycles. The average molecular weight is 301 g/mol. The quantitative estimate of drug-likeness (QED) is 0.835. The van der Waals surface area contributed by atoms with Gasteiger partial charge in [0, 0.05) is 13.1 Å². The third-order valence-corrected chi connectivity index (χ3v) is 3.60. The van der Waals surface area contributed by atoms with E-state index in [0.29, 0.717) is 6.61 Å². The largest absolute Gasteiger partial charge is 0.493 e. The normalized spacial score (nSPS) is 18.6. The SMILES string of the molecule is CNCC1CCN(CCOc2ccccc2OC)C1.Cl. The first-order valence-corrected chi connectivity index (χ1v) is 6.96. The Kier molecular flexibility index (Phi) is 7.73. The number of methoxy groups -OCH3 is 1. The van der Waals surface area contributed by atoms with Gasteiger partial charge in [-0.2, -0.15) is 0 Å². The van der Waals surface area contributed by atoms with E-state index in [4.69, 9.17) is 9.47 Å². The van der Waals surface area contributed by atoms with E-state index in [1.54, 1.807) is 7.11 Å². The van der Waals surface area contributed by atoms with Crippen molar-refractivity contribution in [1.82, 2.24) is 10.2 Å². The van der Waals surface area contributed by atoms with Gasteiger partial charge >= 0.3 is 0 Å². The predicted molar refractivity (Wildman–Crippen MR) is 84.2 cm³/mol. The van der Waals surface area contributed by atoms with Crippen LogP contribution in [0.15, 0.2) is 24.3 Å². The zero-order chi connectivity index (χ0) is 13.5. The molecule has 1 N–H and O–H groups in total. The van der Waals surface area contributed by atoms with Gasteiger partial charge in [0.1, 0.15) is 6.61 Å². The minimum absolute atomic E-state index is 0. The van der Waals surface area contributed by atoms with Gasteiger partial charge in [0.25, 0.3) is 0 Å². The summed E-state index contributed by atoms with van der Waals surface area (Å²) >= 11 is 0. The summed E-state index contributed by atoms with van der Waals surface area (Å²) in [5.41, 5.74) is 0. The van der Waals surface area contributed by atoms with Gasteiger partial charge in [-0.1, -0.05) is 12.1 Å². The number of para-hydroxylation sites is 2. The van der Waals surface area contributed by atoms with Crippen molar-refractivity contribution in [1.29, 1.82) is 0 Å². The second kappa shape index (κ2) is 9.06. The standard InChI is InChI=1S/C15H24N2O2.ClH/c1-16-11-13-7-8-17(12-13)9-10-19-15-6-4-3-5-14(15)18-2;/h3-6,13,16H,7-12H2,1-2H3;1H. The fraction of sp³-hybridized carbons (Fsp3) is 0.600. The van der Waals surface area contributed by atoms with Gasteiger partial charge in [0.15, 0.2) is 11.5 Å². The van der Waals surface area contributed by atoms with Crippen LogP contribution in [0.1, 0.15) is 6.42 Å². The van der Waals surface area contributed by atoms with Crippen molar-refractivity contribution in [2.45, 2.75) is 6.42 Å². The highest BCUT2D eigenvalue weighted by Crippen LogP contribution is 2.25. The summed E-state index contributed by atoms with van der Waals surface area (Å²) in [5, 5.41) is 3.25. The van der Waals surface area contributed by atoms with Crippen LogP contribution in [-0.4, -0.2) is 51.8 Å². The van der Waals surface area contributed by atoms with E-state index in [0.717, 1.165) is 30.5 Å². The first-order valence-electron chi connectivity index (χ1n) is 6.96.